The van der Waals surface area contributed by atoms with Gasteiger partial charge in [-0.1, -0.05) is 147 Å². The van der Waals surface area contributed by atoms with Gasteiger partial charge in [-0.25, -0.2) is 0 Å². The first-order valence-corrected chi connectivity index (χ1v) is 17.0. The summed E-state index contributed by atoms with van der Waals surface area (Å²) < 4.78 is 6.89. The van der Waals surface area contributed by atoms with E-state index < -0.39 is 0 Å². The van der Waals surface area contributed by atoms with Gasteiger partial charge < -0.3 is 9.32 Å². The van der Waals surface area contributed by atoms with E-state index in [4.69, 9.17) is 4.42 Å². The zero-order valence-electron chi connectivity index (χ0n) is 27.4. The normalized spacial score (nSPS) is 13.3. The molecule has 2 heteroatoms. The second-order valence-corrected chi connectivity index (χ2v) is 13.7. The van der Waals surface area contributed by atoms with Crippen LogP contribution in [0.15, 0.2) is 168 Å². The van der Waals surface area contributed by atoms with Gasteiger partial charge >= 0.3 is 0 Å². The first-order chi connectivity index (χ1) is 24.1. The van der Waals surface area contributed by atoms with Crippen LogP contribution in [0.1, 0.15) is 25.0 Å². The Hall–Kier alpha value is -6.12. The molecule has 0 fully saturated rings. The highest BCUT2D eigenvalue weighted by Crippen LogP contribution is 2.56. The molecule has 9 aromatic rings. The van der Waals surface area contributed by atoms with E-state index in [-0.39, 0.29) is 5.41 Å². The van der Waals surface area contributed by atoms with Crippen molar-refractivity contribution in [3.8, 4) is 22.3 Å². The number of furan rings is 1. The molecule has 10 rings (SSSR count). The van der Waals surface area contributed by atoms with E-state index in [2.05, 4.69) is 183 Å². The molecule has 49 heavy (non-hydrogen) atoms. The maximum absolute atomic E-state index is 6.89. The van der Waals surface area contributed by atoms with Crippen molar-refractivity contribution >= 4 is 60.5 Å². The Morgan fingerprint density at radius 3 is 1.88 bits per heavy atom. The van der Waals surface area contributed by atoms with Crippen LogP contribution < -0.4 is 4.90 Å². The number of anilines is 3. The fraction of sp³-hybridized carbons (Fsp3) is 0.0638. The minimum Gasteiger partial charge on any atom is -0.455 e. The van der Waals surface area contributed by atoms with E-state index in [1.165, 1.54) is 49.4 Å². The summed E-state index contributed by atoms with van der Waals surface area (Å²) in [5, 5.41) is 7.05. The maximum Gasteiger partial charge on any atom is 0.145 e. The maximum atomic E-state index is 6.89. The molecular weight excluding hydrogens is 595 g/mol. The smallest absolute Gasteiger partial charge is 0.145 e. The minimum absolute atomic E-state index is 0.123. The number of fused-ring (bicyclic) bond motifs is 8. The summed E-state index contributed by atoms with van der Waals surface area (Å²) in [5.74, 6) is 0. The van der Waals surface area contributed by atoms with Crippen LogP contribution in [0.2, 0.25) is 0 Å². The standard InChI is InChI=1S/C47H33NO/c1-47(2)38-23-9-7-20-36(38)44-39(47)24-13-26-41(44)48(40-25-12-17-31-15-4-6-19-33(31)40)42-29-28-35(34-22-11-16-30-14-3-5-18-32(30)34)46-45(42)37-21-8-10-27-43(37)49-46/h3-29H,1-2H3. The van der Waals surface area contributed by atoms with Crippen molar-refractivity contribution in [3.05, 3.63) is 175 Å². The number of benzene rings is 8. The van der Waals surface area contributed by atoms with E-state index >= 15 is 0 Å². The molecule has 1 heterocycles. The lowest BCUT2D eigenvalue weighted by Crippen LogP contribution is -2.16. The summed E-state index contributed by atoms with van der Waals surface area (Å²) in [4.78, 5) is 2.50. The second kappa shape index (κ2) is 10.4. The van der Waals surface area contributed by atoms with Gasteiger partial charge in [0.25, 0.3) is 0 Å². The first-order valence-electron chi connectivity index (χ1n) is 17.0. The molecule has 8 aromatic carbocycles. The van der Waals surface area contributed by atoms with Crippen molar-refractivity contribution in [1.29, 1.82) is 0 Å². The van der Waals surface area contributed by atoms with Gasteiger partial charge in [-0.2, -0.15) is 0 Å². The molecule has 0 saturated heterocycles. The SMILES string of the molecule is CC1(C)c2ccccc2-c2c(N(c3cccc4ccccc34)c3ccc(-c4cccc5ccccc45)c4oc5ccccc5c34)cccc21. The Kier molecular flexibility index (Phi) is 5.95. The van der Waals surface area contributed by atoms with Crippen molar-refractivity contribution in [2.45, 2.75) is 19.3 Å². The van der Waals surface area contributed by atoms with Crippen LogP contribution in [-0.4, -0.2) is 0 Å². The Morgan fingerprint density at radius 1 is 0.429 bits per heavy atom. The third kappa shape index (κ3) is 4.01. The lowest BCUT2D eigenvalue weighted by molar-refractivity contribution is 0.660. The fourth-order valence-corrected chi connectivity index (χ4v) is 8.38. The number of rotatable bonds is 4. The number of nitrogens with zero attached hydrogens (tertiary/aromatic N) is 1. The summed E-state index contributed by atoms with van der Waals surface area (Å²) in [5.41, 5.74) is 12.6. The average Bonchev–Trinajstić information content (AvgIpc) is 3.65. The van der Waals surface area contributed by atoms with E-state index in [1.807, 2.05) is 0 Å². The van der Waals surface area contributed by atoms with Crippen LogP contribution in [0.4, 0.5) is 17.1 Å². The Bertz CT molecular complexity index is 2760. The summed E-state index contributed by atoms with van der Waals surface area (Å²) >= 11 is 0. The van der Waals surface area contributed by atoms with Gasteiger partial charge in [-0.3, -0.25) is 0 Å². The van der Waals surface area contributed by atoms with Crippen molar-refractivity contribution in [3.63, 3.8) is 0 Å². The molecule has 0 spiro atoms. The highest BCUT2D eigenvalue weighted by atomic mass is 16.3. The Balaban J connectivity index is 1.35. The molecule has 1 aliphatic carbocycles. The van der Waals surface area contributed by atoms with Gasteiger partial charge in [0.2, 0.25) is 0 Å². The van der Waals surface area contributed by atoms with E-state index in [9.17, 15) is 0 Å². The Labute approximate surface area is 285 Å². The van der Waals surface area contributed by atoms with Crippen molar-refractivity contribution in [1.82, 2.24) is 0 Å². The minimum atomic E-state index is -0.123. The fourth-order valence-electron chi connectivity index (χ4n) is 8.38. The van der Waals surface area contributed by atoms with E-state index in [0.717, 1.165) is 44.6 Å². The molecule has 1 aliphatic rings. The summed E-state index contributed by atoms with van der Waals surface area (Å²) in [6, 6.07) is 59.3. The van der Waals surface area contributed by atoms with Crippen LogP contribution in [-0.2, 0) is 5.41 Å². The van der Waals surface area contributed by atoms with E-state index in [1.54, 1.807) is 0 Å². The van der Waals surface area contributed by atoms with Crippen LogP contribution >= 0.6 is 0 Å². The van der Waals surface area contributed by atoms with Crippen LogP contribution in [0.25, 0.3) is 65.7 Å². The summed E-state index contributed by atoms with van der Waals surface area (Å²) in [7, 11) is 0. The molecule has 0 unspecified atom stereocenters. The zero-order chi connectivity index (χ0) is 32.7. The van der Waals surface area contributed by atoms with Gasteiger partial charge in [0.05, 0.1) is 22.4 Å². The molecule has 0 aliphatic heterocycles. The molecule has 0 bridgehead atoms. The third-order valence-corrected chi connectivity index (χ3v) is 10.7. The van der Waals surface area contributed by atoms with E-state index in [0.29, 0.717) is 0 Å². The predicted octanol–water partition coefficient (Wildman–Crippen LogP) is 13.3. The lowest BCUT2D eigenvalue weighted by Gasteiger charge is -2.30. The number of para-hydroxylation sites is 1. The van der Waals surface area contributed by atoms with Crippen LogP contribution in [0.5, 0.6) is 0 Å². The van der Waals surface area contributed by atoms with Crippen molar-refractivity contribution in [2.75, 3.05) is 4.90 Å². The molecule has 1 aromatic heterocycles. The van der Waals surface area contributed by atoms with Crippen LogP contribution in [0.3, 0.4) is 0 Å². The second-order valence-electron chi connectivity index (χ2n) is 13.7. The van der Waals surface area contributed by atoms with Gasteiger partial charge in [-0.05, 0) is 68.7 Å². The topological polar surface area (TPSA) is 16.4 Å². The van der Waals surface area contributed by atoms with Gasteiger partial charge in [0.15, 0.2) is 0 Å². The summed E-state index contributed by atoms with van der Waals surface area (Å²) in [6.45, 7) is 4.70. The molecule has 232 valence electrons. The Morgan fingerprint density at radius 2 is 1.02 bits per heavy atom. The van der Waals surface area contributed by atoms with Gasteiger partial charge in [0.1, 0.15) is 11.2 Å². The lowest BCUT2D eigenvalue weighted by atomic mass is 9.82. The molecule has 0 atom stereocenters. The largest absolute Gasteiger partial charge is 0.455 e. The monoisotopic (exact) mass is 627 g/mol. The highest BCUT2D eigenvalue weighted by molar-refractivity contribution is 6.20. The quantitative estimate of drug-likeness (QED) is 0.193. The first kappa shape index (κ1) is 27.9. The van der Waals surface area contributed by atoms with Gasteiger partial charge in [0, 0.05) is 27.3 Å². The molecule has 0 saturated carbocycles. The zero-order valence-corrected chi connectivity index (χ0v) is 27.4. The third-order valence-electron chi connectivity index (χ3n) is 10.7. The van der Waals surface area contributed by atoms with Crippen LogP contribution in [0, 0.1) is 0 Å². The average molecular weight is 628 g/mol. The van der Waals surface area contributed by atoms with Crippen molar-refractivity contribution in [2.24, 2.45) is 0 Å². The number of hydrogen-bond acceptors (Lipinski definition) is 2. The predicted molar refractivity (Wildman–Crippen MR) is 206 cm³/mol. The number of hydrogen-bond donors (Lipinski definition) is 0. The molecule has 0 N–H and O–H groups in total. The van der Waals surface area contributed by atoms with Crippen molar-refractivity contribution < 1.29 is 4.42 Å². The molecular formula is C47H33NO. The molecule has 0 radical (unpaired) electrons. The van der Waals surface area contributed by atoms with Gasteiger partial charge in [-0.15, -0.1) is 0 Å². The molecule has 0 amide bonds. The summed E-state index contributed by atoms with van der Waals surface area (Å²) in [6.07, 6.45) is 0. The highest BCUT2D eigenvalue weighted by Gasteiger charge is 2.38. The molecule has 2 nitrogen and oxygen atoms in total.